The first-order valence-corrected chi connectivity index (χ1v) is 7.70. The van der Waals surface area contributed by atoms with Gasteiger partial charge in [0.2, 0.25) is 0 Å². The van der Waals surface area contributed by atoms with Crippen LogP contribution in [0.2, 0.25) is 0 Å². The number of halogens is 2. The molecule has 106 valence electrons. The number of carbonyl (C=O) groups excluding carboxylic acids is 1. The Morgan fingerprint density at radius 1 is 1.45 bits per heavy atom. The van der Waals surface area contributed by atoms with Crippen LogP contribution >= 0.6 is 27.3 Å². The molecule has 3 nitrogen and oxygen atoms in total. The zero-order valence-electron chi connectivity index (χ0n) is 10.7. The molecule has 2 rings (SSSR count). The van der Waals surface area contributed by atoms with E-state index in [0.717, 1.165) is 9.35 Å². The standard InChI is InChI=1S/C14H13BrFNO2S/c1-2-19-14(18)13(12-7-9(15)8-20-12)17-11-5-3-10(16)4-6-11/h3-8,13,17H,2H2,1H3. The lowest BCUT2D eigenvalue weighted by Gasteiger charge is -2.17. The zero-order valence-corrected chi connectivity index (χ0v) is 13.1. The summed E-state index contributed by atoms with van der Waals surface area (Å²) in [5, 5.41) is 4.97. The quantitative estimate of drug-likeness (QED) is 0.807. The largest absolute Gasteiger partial charge is 0.464 e. The number of anilines is 1. The minimum Gasteiger partial charge on any atom is -0.464 e. The second-order valence-corrected chi connectivity index (χ2v) is 5.86. The fourth-order valence-electron chi connectivity index (χ4n) is 1.66. The fraction of sp³-hybridized carbons (Fsp3) is 0.214. The lowest BCUT2D eigenvalue weighted by molar-refractivity contribution is -0.144. The summed E-state index contributed by atoms with van der Waals surface area (Å²) in [6.45, 7) is 2.07. The van der Waals surface area contributed by atoms with Gasteiger partial charge in [0.1, 0.15) is 5.82 Å². The molecule has 0 aliphatic rings. The highest BCUT2D eigenvalue weighted by Crippen LogP contribution is 2.29. The molecule has 0 radical (unpaired) electrons. The maximum Gasteiger partial charge on any atom is 0.334 e. The third-order valence-electron chi connectivity index (χ3n) is 2.55. The van der Waals surface area contributed by atoms with Gasteiger partial charge in [-0.1, -0.05) is 0 Å². The molecule has 0 fully saturated rings. The van der Waals surface area contributed by atoms with Gasteiger partial charge >= 0.3 is 5.97 Å². The maximum absolute atomic E-state index is 12.9. The van der Waals surface area contributed by atoms with Gasteiger partial charge in [-0.2, -0.15) is 0 Å². The second kappa shape index (κ2) is 6.85. The van der Waals surface area contributed by atoms with E-state index in [9.17, 15) is 9.18 Å². The van der Waals surface area contributed by atoms with Gasteiger partial charge in [-0.3, -0.25) is 0 Å². The van der Waals surface area contributed by atoms with Crippen LogP contribution in [0.5, 0.6) is 0 Å². The van der Waals surface area contributed by atoms with Crippen molar-refractivity contribution < 1.29 is 13.9 Å². The Morgan fingerprint density at radius 2 is 2.15 bits per heavy atom. The highest BCUT2D eigenvalue weighted by atomic mass is 79.9. The Kier molecular flexibility index (Phi) is 5.14. The first-order valence-electron chi connectivity index (χ1n) is 6.03. The molecule has 1 aromatic carbocycles. The molecule has 1 N–H and O–H groups in total. The minimum absolute atomic E-state index is 0.312. The molecule has 0 saturated carbocycles. The normalized spacial score (nSPS) is 11.9. The predicted octanol–water partition coefficient (Wildman–Crippen LogP) is 4.37. The Balaban J connectivity index is 2.22. The Bertz CT molecular complexity index is 585. The molecule has 0 spiro atoms. The van der Waals surface area contributed by atoms with Gasteiger partial charge in [0.15, 0.2) is 6.04 Å². The molecule has 1 atom stereocenters. The molecule has 0 saturated heterocycles. The van der Waals surface area contributed by atoms with Crippen LogP contribution < -0.4 is 5.32 Å². The average Bonchev–Trinajstić information content (AvgIpc) is 2.84. The van der Waals surface area contributed by atoms with Crippen molar-refractivity contribution in [1.82, 2.24) is 0 Å². The number of thiophene rings is 1. The molecular formula is C14H13BrFNO2S. The Hall–Kier alpha value is -1.40. The van der Waals surface area contributed by atoms with Gasteiger partial charge < -0.3 is 10.1 Å². The molecule has 0 aliphatic carbocycles. The maximum atomic E-state index is 12.9. The van der Waals surface area contributed by atoms with Crippen LogP contribution in [0.3, 0.4) is 0 Å². The lowest BCUT2D eigenvalue weighted by atomic mass is 10.2. The van der Waals surface area contributed by atoms with E-state index in [1.165, 1.54) is 23.5 Å². The van der Waals surface area contributed by atoms with Gasteiger partial charge in [-0.05, 0) is 53.2 Å². The number of rotatable bonds is 5. The van der Waals surface area contributed by atoms with E-state index in [1.807, 2.05) is 11.4 Å². The Labute approximate surface area is 128 Å². The molecule has 2 aromatic rings. The van der Waals surface area contributed by atoms with Crippen LogP contribution in [0.15, 0.2) is 40.2 Å². The van der Waals surface area contributed by atoms with Gasteiger partial charge in [0, 0.05) is 20.4 Å². The second-order valence-electron chi connectivity index (χ2n) is 4.00. The summed E-state index contributed by atoms with van der Waals surface area (Å²) in [6, 6.07) is 7.12. The molecule has 1 unspecified atom stereocenters. The van der Waals surface area contributed by atoms with Crippen molar-refractivity contribution in [3.05, 3.63) is 50.9 Å². The number of ether oxygens (including phenoxy) is 1. The van der Waals surface area contributed by atoms with Crippen LogP contribution in [0.1, 0.15) is 17.8 Å². The monoisotopic (exact) mass is 357 g/mol. The number of hydrogen-bond acceptors (Lipinski definition) is 4. The van der Waals surface area contributed by atoms with E-state index in [1.54, 1.807) is 19.1 Å². The van der Waals surface area contributed by atoms with Crippen molar-refractivity contribution in [2.45, 2.75) is 13.0 Å². The van der Waals surface area contributed by atoms with Gasteiger partial charge in [-0.15, -0.1) is 11.3 Å². The van der Waals surface area contributed by atoms with E-state index in [4.69, 9.17) is 4.74 Å². The zero-order chi connectivity index (χ0) is 14.5. The summed E-state index contributed by atoms with van der Waals surface area (Å²) in [7, 11) is 0. The average molecular weight is 358 g/mol. The summed E-state index contributed by atoms with van der Waals surface area (Å²) >= 11 is 4.81. The van der Waals surface area contributed by atoms with Crippen molar-refractivity contribution >= 4 is 38.9 Å². The topological polar surface area (TPSA) is 38.3 Å². The summed E-state index contributed by atoms with van der Waals surface area (Å²) in [5.74, 6) is -0.673. The summed E-state index contributed by atoms with van der Waals surface area (Å²) in [4.78, 5) is 12.9. The molecule has 20 heavy (non-hydrogen) atoms. The first-order chi connectivity index (χ1) is 9.60. The van der Waals surface area contributed by atoms with Crippen molar-refractivity contribution in [3.8, 4) is 0 Å². The SMILES string of the molecule is CCOC(=O)C(Nc1ccc(F)cc1)c1cc(Br)cs1. The summed E-state index contributed by atoms with van der Waals surface area (Å²) in [5.41, 5.74) is 0.661. The predicted molar refractivity (Wildman–Crippen MR) is 81.4 cm³/mol. The summed E-state index contributed by atoms with van der Waals surface area (Å²) < 4.78 is 18.9. The van der Waals surface area contributed by atoms with Crippen LogP contribution in [-0.2, 0) is 9.53 Å². The van der Waals surface area contributed by atoms with Crippen LogP contribution in [0.25, 0.3) is 0 Å². The van der Waals surface area contributed by atoms with E-state index in [0.29, 0.717) is 12.3 Å². The molecule has 0 amide bonds. The van der Waals surface area contributed by atoms with Crippen LogP contribution in [0, 0.1) is 5.82 Å². The van der Waals surface area contributed by atoms with Crippen molar-refractivity contribution in [1.29, 1.82) is 0 Å². The smallest absolute Gasteiger partial charge is 0.334 e. The van der Waals surface area contributed by atoms with Gasteiger partial charge in [-0.25, -0.2) is 9.18 Å². The van der Waals surface area contributed by atoms with E-state index < -0.39 is 6.04 Å². The van der Waals surface area contributed by atoms with Gasteiger partial charge in [0.25, 0.3) is 0 Å². The van der Waals surface area contributed by atoms with Gasteiger partial charge in [0.05, 0.1) is 6.61 Å². The number of benzene rings is 1. The number of nitrogens with one attached hydrogen (secondary N) is 1. The molecule has 0 bridgehead atoms. The van der Waals surface area contributed by atoms with E-state index in [2.05, 4.69) is 21.2 Å². The van der Waals surface area contributed by atoms with Crippen molar-refractivity contribution in [2.24, 2.45) is 0 Å². The van der Waals surface area contributed by atoms with Crippen LogP contribution in [-0.4, -0.2) is 12.6 Å². The van der Waals surface area contributed by atoms with Crippen LogP contribution in [0.4, 0.5) is 10.1 Å². The molecule has 6 heteroatoms. The number of hydrogen-bond donors (Lipinski definition) is 1. The van der Waals surface area contributed by atoms with E-state index in [-0.39, 0.29) is 11.8 Å². The highest BCUT2D eigenvalue weighted by molar-refractivity contribution is 9.10. The summed E-state index contributed by atoms with van der Waals surface area (Å²) in [6.07, 6.45) is 0. The third kappa shape index (κ3) is 3.80. The first kappa shape index (κ1) is 15.0. The molecular weight excluding hydrogens is 345 g/mol. The molecule has 1 aromatic heterocycles. The number of esters is 1. The Morgan fingerprint density at radius 3 is 2.70 bits per heavy atom. The third-order valence-corrected chi connectivity index (χ3v) is 4.31. The fourth-order valence-corrected chi connectivity index (χ4v) is 3.15. The minimum atomic E-state index is -0.600. The molecule has 0 aliphatic heterocycles. The molecule has 1 heterocycles. The van der Waals surface area contributed by atoms with E-state index >= 15 is 0 Å². The van der Waals surface area contributed by atoms with Crippen molar-refractivity contribution in [3.63, 3.8) is 0 Å². The lowest BCUT2D eigenvalue weighted by Crippen LogP contribution is -2.22. The number of carbonyl (C=O) groups is 1. The highest BCUT2D eigenvalue weighted by Gasteiger charge is 2.23. The van der Waals surface area contributed by atoms with Crippen molar-refractivity contribution in [2.75, 3.05) is 11.9 Å².